The summed E-state index contributed by atoms with van der Waals surface area (Å²) in [4.78, 5) is 0. The quantitative estimate of drug-likeness (QED) is 0.873. The molecule has 0 amide bonds. The second-order valence-electron chi connectivity index (χ2n) is 5.27. The van der Waals surface area contributed by atoms with Crippen LogP contribution in [-0.4, -0.2) is 24.6 Å². The van der Waals surface area contributed by atoms with Crippen molar-refractivity contribution in [1.82, 2.24) is 0 Å². The second-order valence-corrected chi connectivity index (χ2v) is 5.27. The van der Waals surface area contributed by atoms with Crippen molar-refractivity contribution in [3.8, 4) is 0 Å². The van der Waals surface area contributed by atoms with Gasteiger partial charge in [0, 0.05) is 6.42 Å². The molecule has 1 N–H and O–H groups in total. The van der Waals surface area contributed by atoms with Crippen molar-refractivity contribution in [2.24, 2.45) is 5.92 Å². The summed E-state index contributed by atoms with van der Waals surface area (Å²) in [5, 5.41) is 10.2. The molecule has 1 aromatic rings. The molecule has 1 fully saturated rings. The summed E-state index contributed by atoms with van der Waals surface area (Å²) in [5.74, 6) is 0.624. The van der Waals surface area contributed by atoms with Gasteiger partial charge in [-0.2, -0.15) is 0 Å². The second kappa shape index (κ2) is 6.32. The Morgan fingerprint density at radius 3 is 2.67 bits per heavy atom. The highest BCUT2D eigenvalue weighted by molar-refractivity contribution is 5.25. The van der Waals surface area contributed by atoms with Gasteiger partial charge < -0.3 is 14.6 Å². The molecule has 0 saturated carbocycles. The molecule has 0 aliphatic carbocycles. The molecule has 1 heterocycles. The molecule has 0 aromatic heterocycles. The van der Waals surface area contributed by atoms with Crippen LogP contribution in [0.3, 0.4) is 0 Å². The summed E-state index contributed by atoms with van der Waals surface area (Å²) in [6, 6.07) is 8.16. The number of ether oxygens (including phenoxy) is 2. The van der Waals surface area contributed by atoms with E-state index in [9.17, 15) is 5.11 Å². The normalized spacial score (nSPS) is 18.4. The summed E-state index contributed by atoms with van der Waals surface area (Å²) in [6.07, 6.45) is 0.774. The van der Waals surface area contributed by atoms with Crippen LogP contribution < -0.4 is 0 Å². The van der Waals surface area contributed by atoms with Gasteiger partial charge in [0.15, 0.2) is 6.29 Å². The molecule has 1 aliphatic rings. The third-order valence-electron chi connectivity index (χ3n) is 3.09. The van der Waals surface area contributed by atoms with Crippen LogP contribution in [0.2, 0.25) is 0 Å². The number of aliphatic hydroxyl groups excluding tert-OH is 1. The molecule has 1 aromatic carbocycles. The number of hydrogen-bond donors (Lipinski definition) is 1. The van der Waals surface area contributed by atoms with Gasteiger partial charge in [-0.05, 0) is 23.5 Å². The lowest BCUT2D eigenvalue weighted by Crippen LogP contribution is -2.13. The third-order valence-corrected chi connectivity index (χ3v) is 3.09. The largest absolute Gasteiger partial charge is 0.388 e. The number of benzene rings is 1. The average Bonchev–Trinajstić information content (AvgIpc) is 2.81. The van der Waals surface area contributed by atoms with Crippen LogP contribution in [0.25, 0.3) is 0 Å². The molecule has 0 radical (unpaired) electrons. The van der Waals surface area contributed by atoms with Gasteiger partial charge >= 0.3 is 0 Å². The van der Waals surface area contributed by atoms with Crippen molar-refractivity contribution in [2.75, 3.05) is 13.2 Å². The molecule has 2 rings (SSSR count). The van der Waals surface area contributed by atoms with E-state index in [0.29, 0.717) is 25.6 Å². The molecule has 3 heteroatoms. The Morgan fingerprint density at radius 2 is 2.00 bits per heavy atom. The molecule has 1 atom stereocenters. The van der Waals surface area contributed by atoms with E-state index in [0.717, 1.165) is 12.0 Å². The maximum atomic E-state index is 10.2. The number of aliphatic hydroxyl groups is 1. The summed E-state index contributed by atoms with van der Waals surface area (Å²) < 4.78 is 10.7. The van der Waals surface area contributed by atoms with Crippen molar-refractivity contribution < 1.29 is 14.6 Å². The predicted molar refractivity (Wildman–Crippen MR) is 70.3 cm³/mol. The van der Waals surface area contributed by atoms with Gasteiger partial charge in [-0.3, -0.25) is 0 Å². The zero-order chi connectivity index (χ0) is 13.0. The monoisotopic (exact) mass is 250 g/mol. The molecule has 18 heavy (non-hydrogen) atoms. The molecule has 0 spiro atoms. The SMILES string of the molecule is CC(C)Cc1cccc(C(O)CC2OCCO2)c1. The molecule has 1 aliphatic heterocycles. The summed E-state index contributed by atoms with van der Waals surface area (Å²) in [7, 11) is 0. The van der Waals surface area contributed by atoms with Gasteiger partial charge in [-0.25, -0.2) is 0 Å². The van der Waals surface area contributed by atoms with Gasteiger partial charge in [-0.15, -0.1) is 0 Å². The van der Waals surface area contributed by atoms with Gasteiger partial charge in [0.25, 0.3) is 0 Å². The van der Waals surface area contributed by atoms with Crippen LogP contribution in [0.5, 0.6) is 0 Å². The van der Waals surface area contributed by atoms with E-state index in [1.165, 1.54) is 5.56 Å². The Kier molecular flexibility index (Phi) is 4.75. The van der Waals surface area contributed by atoms with Crippen molar-refractivity contribution in [2.45, 2.75) is 39.1 Å². The maximum absolute atomic E-state index is 10.2. The van der Waals surface area contributed by atoms with E-state index >= 15 is 0 Å². The first-order valence-electron chi connectivity index (χ1n) is 6.65. The molecule has 100 valence electrons. The van der Waals surface area contributed by atoms with Gasteiger partial charge in [0.2, 0.25) is 0 Å². The minimum atomic E-state index is -0.514. The average molecular weight is 250 g/mol. The Hall–Kier alpha value is -0.900. The fourth-order valence-corrected chi connectivity index (χ4v) is 2.26. The highest BCUT2D eigenvalue weighted by Crippen LogP contribution is 2.23. The van der Waals surface area contributed by atoms with Crippen molar-refractivity contribution >= 4 is 0 Å². The fourth-order valence-electron chi connectivity index (χ4n) is 2.26. The van der Waals surface area contributed by atoms with Crippen molar-refractivity contribution in [1.29, 1.82) is 0 Å². The first-order chi connectivity index (χ1) is 8.65. The lowest BCUT2D eigenvalue weighted by Gasteiger charge is -2.16. The van der Waals surface area contributed by atoms with E-state index < -0.39 is 6.10 Å². The molecular formula is C15H22O3. The van der Waals surface area contributed by atoms with Crippen molar-refractivity contribution in [3.05, 3.63) is 35.4 Å². The third kappa shape index (κ3) is 3.80. The van der Waals surface area contributed by atoms with Gasteiger partial charge in [0.05, 0.1) is 19.3 Å². The Labute approximate surface area is 109 Å². The Bertz CT molecular complexity index is 370. The number of hydrogen-bond acceptors (Lipinski definition) is 3. The molecule has 3 nitrogen and oxygen atoms in total. The minimum Gasteiger partial charge on any atom is -0.388 e. The topological polar surface area (TPSA) is 38.7 Å². The predicted octanol–water partition coefficient (Wildman–Crippen LogP) is 2.68. The minimum absolute atomic E-state index is 0.256. The van der Waals surface area contributed by atoms with Crippen LogP contribution in [0, 0.1) is 5.92 Å². The number of rotatable bonds is 5. The van der Waals surface area contributed by atoms with E-state index in [-0.39, 0.29) is 6.29 Å². The van der Waals surface area contributed by atoms with Crippen molar-refractivity contribution in [3.63, 3.8) is 0 Å². The molecular weight excluding hydrogens is 228 g/mol. The Balaban J connectivity index is 1.98. The van der Waals surface area contributed by atoms with Gasteiger partial charge in [-0.1, -0.05) is 38.1 Å². The summed E-state index contributed by atoms with van der Waals surface area (Å²) in [6.45, 7) is 5.65. The first kappa shape index (κ1) is 13.5. The summed E-state index contributed by atoms with van der Waals surface area (Å²) >= 11 is 0. The van der Waals surface area contributed by atoms with Crippen LogP contribution in [0.4, 0.5) is 0 Å². The molecule has 1 saturated heterocycles. The first-order valence-corrected chi connectivity index (χ1v) is 6.65. The fraction of sp³-hybridized carbons (Fsp3) is 0.600. The lowest BCUT2D eigenvalue weighted by atomic mass is 9.98. The highest BCUT2D eigenvalue weighted by Gasteiger charge is 2.21. The summed E-state index contributed by atoms with van der Waals surface area (Å²) in [5.41, 5.74) is 2.22. The Morgan fingerprint density at radius 1 is 1.28 bits per heavy atom. The smallest absolute Gasteiger partial charge is 0.160 e. The maximum Gasteiger partial charge on any atom is 0.160 e. The molecule has 0 bridgehead atoms. The lowest BCUT2D eigenvalue weighted by molar-refractivity contribution is -0.0707. The van der Waals surface area contributed by atoms with Crippen LogP contribution >= 0.6 is 0 Å². The van der Waals surface area contributed by atoms with E-state index in [2.05, 4.69) is 26.0 Å². The van der Waals surface area contributed by atoms with E-state index in [4.69, 9.17) is 9.47 Å². The zero-order valence-electron chi connectivity index (χ0n) is 11.1. The standard InChI is InChI=1S/C15H22O3/c1-11(2)8-12-4-3-5-13(9-12)14(16)10-15-17-6-7-18-15/h3-5,9,11,14-16H,6-8,10H2,1-2H3. The van der Waals surface area contributed by atoms with E-state index in [1.807, 2.05) is 12.1 Å². The van der Waals surface area contributed by atoms with Crippen LogP contribution in [0.15, 0.2) is 24.3 Å². The zero-order valence-corrected chi connectivity index (χ0v) is 11.1. The van der Waals surface area contributed by atoms with E-state index in [1.54, 1.807) is 0 Å². The van der Waals surface area contributed by atoms with Crippen LogP contribution in [0.1, 0.15) is 37.5 Å². The van der Waals surface area contributed by atoms with Gasteiger partial charge in [0.1, 0.15) is 0 Å². The van der Waals surface area contributed by atoms with Crippen LogP contribution in [-0.2, 0) is 15.9 Å². The highest BCUT2D eigenvalue weighted by atomic mass is 16.7. The molecule has 1 unspecified atom stereocenters.